The number of alkyl halides is 3. The summed E-state index contributed by atoms with van der Waals surface area (Å²) < 4.78 is 71.6. The van der Waals surface area contributed by atoms with E-state index in [1.54, 1.807) is 6.92 Å². The zero-order valence-corrected chi connectivity index (χ0v) is 15.5. The van der Waals surface area contributed by atoms with Gasteiger partial charge in [-0.2, -0.15) is 23.0 Å². The number of benzene rings is 1. The van der Waals surface area contributed by atoms with Crippen LogP contribution in [0.4, 0.5) is 22.0 Å². The first-order chi connectivity index (χ1) is 13.2. The van der Waals surface area contributed by atoms with Crippen LogP contribution >= 0.6 is 0 Å². The first kappa shape index (κ1) is 20.6. The summed E-state index contributed by atoms with van der Waals surface area (Å²) in [6.07, 6.45) is 0.830. The number of aryl methyl sites for hydroxylation is 1. The van der Waals surface area contributed by atoms with Gasteiger partial charge in [-0.25, -0.2) is 8.78 Å². The summed E-state index contributed by atoms with van der Waals surface area (Å²) >= 11 is 0. The smallest absolute Gasteiger partial charge is 0.422 e. The highest BCUT2D eigenvalue weighted by Gasteiger charge is 2.31. The average molecular weight is 403 g/mol. The Morgan fingerprint density at radius 3 is 2.54 bits per heavy atom. The molecule has 0 radical (unpaired) electrons. The second-order valence-corrected chi connectivity index (χ2v) is 7.00. The lowest BCUT2D eigenvalue weighted by molar-refractivity contribution is -0.154. The lowest BCUT2D eigenvalue weighted by atomic mass is 9.95. The highest BCUT2D eigenvalue weighted by molar-refractivity contribution is 5.42. The first-order valence-corrected chi connectivity index (χ1v) is 9.21. The number of aromatic nitrogens is 2. The maximum Gasteiger partial charge on any atom is 0.422 e. The van der Waals surface area contributed by atoms with Crippen LogP contribution in [-0.4, -0.2) is 28.6 Å². The Morgan fingerprint density at radius 1 is 1.18 bits per heavy atom. The van der Waals surface area contributed by atoms with Crippen molar-refractivity contribution in [3.63, 3.8) is 0 Å². The van der Waals surface area contributed by atoms with Crippen molar-refractivity contribution >= 4 is 0 Å². The molecule has 0 saturated heterocycles. The molecule has 0 unspecified atom stereocenters. The van der Waals surface area contributed by atoms with E-state index < -0.39 is 24.4 Å². The van der Waals surface area contributed by atoms with Crippen LogP contribution in [-0.2, 0) is 6.54 Å². The van der Waals surface area contributed by atoms with Crippen molar-refractivity contribution in [1.29, 1.82) is 0 Å². The molecule has 1 aromatic heterocycles. The minimum atomic E-state index is -4.56. The van der Waals surface area contributed by atoms with Gasteiger partial charge in [0.05, 0.1) is 11.3 Å². The molecule has 1 fully saturated rings. The molecule has 0 bridgehead atoms. The van der Waals surface area contributed by atoms with Crippen molar-refractivity contribution in [3.8, 4) is 11.6 Å². The lowest BCUT2D eigenvalue weighted by Gasteiger charge is -2.23. The monoisotopic (exact) mass is 403 g/mol. The third kappa shape index (κ3) is 5.01. The Balaban J connectivity index is 1.92. The Morgan fingerprint density at radius 2 is 1.89 bits per heavy atom. The van der Waals surface area contributed by atoms with Crippen molar-refractivity contribution < 1.29 is 26.7 Å². The average Bonchev–Trinajstić information content (AvgIpc) is 2.94. The van der Waals surface area contributed by atoms with E-state index in [1.807, 2.05) is 0 Å². The molecular weight excluding hydrogens is 381 g/mol. The summed E-state index contributed by atoms with van der Waals surface area (Å²) in [5, 5.41) is 7.49. The standard InChI is InChI=1S/C19H22F5N3O/c1-12-15(10-25-14-5-3-2-4-6-14)18(28-11-19(22,23)24)27(26-12)17-8-7-13(20)9-16(17)21/h7-9,14,25H,2-6,10-11H2,1H3. The predicted molar refractivity (Wildman–Crippen MR) is 93.5 cm³/mol. The molecule has 1 aliphatic carbocycles. The summed E-state index contributed by atoms with van der Waals surface area (Å²) in [6, 6.07) is 3.06. The molecule has 154 valence electrons. The number of hydrogen-bond acceptors (Lipinski definition) is 3. The van der Waals surface area contributed by atoms with Crippen LogP contribution in [0.15, 0.2) is 18.2 Å². The number of ether oxygens (including phenoxy) is 1. The van der Waals surface area contributed by atoms with Gasteiger partial charge in [0.15, 0.2) is 12.4 Å². The fourth-order valence-electron chi connectivity index (χ4n) is 3.41. The molecule has 28 heavy (non-hydrogen) atoms. The number of hydrogen-bond donors (Lipinski definition) is 1. The number of halogens is 5. The molecule has 2 aromatic rings. The van der Waals surface area contributed by atoms with Gasteiger partial charge < -0.3 is 10.1 Å². The third-order valence-corrected chi connectivity index (χ3v) is 4.82. The predicted octanol–water partition coefficient (Wildman–Crippen LogP) is 4.82. The molecular formula is C19H22F5N3O. The minimum Gasteiger partial charge on any atom is -0.468 e. The van der Waals surface area contributed by atoms with Crippen LogP contribution in [0, 0.1) is 18.6 Å². The van der Waals surface area contributed by atoms with E-state index in [9.17, 15) is 22.0 Å². The van der Waals surface area contributed by atoms with Gasteiger partial charge in [-0.05, 0) is 31.9 Å². The molecule has 1 aliphatic rings. The van der Waals surface area contributed by atoms with E-state index in [0.29, 0.717) is 17.3 Å². The topological polar surface area (TPSA) is 39.1 Å². The second-order valence-electron chi connectivity index (χ2n) is 7.00. The molecule has 3 rings (SSSR count). The zero-order chi connectivity index (χ0) is 20.3. The van der Waals surface area contributed by atoms with Crippen LogP contribution < -0.4 is 10.1 Å². The maximum atomic E-state index is 14.2. The van der Waals surface area contributed by atoms with Crippen LogP contribution in [0.5, 0.6) is 5.88 Å². The fraction of sp³-hybridized carbons (Fsp3) is 0.526. The molecule has 1 N–H and O–H groups in total. The van der Waals surface area contributed by atoms with Crippen molar-refractivity contribution in [1.82, 2.24) is 15.1 Å². The second kappa shape index (κ2) is 8.46. The molecule has 1 aromatic carbocycles. The summed E-state index contributed by atoms with van der Waals surface area (Å²) in [7, 11) is 0. The van der Waals surface area contributed by atoms with Gasteiger partial charge in [0, 0.05) is 18.7 Å². The van der Waals surface area contributed by atoms with E-state index >= 15 is 0 Å². The Labute approximate surface area is 159 Å². The summed E-state index contributed by atoms with van der Waals surface area (Å²) in [6.45, 7) is 0.347. The molecule has 0 atom stereocenters. The van der Waals surface area contributed by atoms with E-state index in [4.69, 9.17) is 4.74 Å². The molecule has 0 amide bonds. The Kier molecular flexibility index (Phi) is 6.22. The van der Waals surface area contributed by atoms with Crippen LogP contribution in [0.3, 0.4) is 0 Å². The number of rotatable bonds is 6. The van der Waals surface area contributed by atoms with E-state index in [-0.39, 0.29) is 24.2 Å². The summed E-state index contributed by atoms with van der Waals surface area (Å²) in [4.78, 5) is 0. The summed E-state index contributed by atoms with van der Waals surface area (Å²) in [5.74, 6) is -1.92. The van der Waals surface area contributed by atoms with Gasteiger partial charge in [-0.3, -0.25) is 0 Å². The van der Waals surface area contributed by atoms with Crippen LogP contribution in [0.1, 0.15) is 43.4 Å². The number of nitrogens with one attached hydrogen (secondary N) is 1. The van der Waals surface area contributed by atoms with Crippen LogP contribution in [0.2, 0.25) is 0 Å². The lowest BCUT2D eigenvalue weighted by Crippen LogP contribution is -2.31. The van der Waals surface area contributed by atoms with Crippen molar-refractivity contribution in [2.24, 2.45) is 0 Å². The van der Waals surface area contributed by atoms with Crippen molar-refractivity contribution in [3.05, 3.63) is 41.1 Å². The normalized spacial score (nSPS) is 15.8. The van der Waals surface area contributed by atoms with Crippen molar-refractivity contribution in [2.75, 3.05) is 6.61 Å². The van der Waals surface area contributed by atoms with Gasteiger partial charge in [-0.1, -0.05) is 19.3 Å². The molecule has 1 heterocycles. The highest BCUT2D eigenvalue weighted by atomic mass is 19.4. The van der Waals surface area contributed by atoms with E-state index in [1.165, 1.54) is 6.42 Å². The Bertz CT molecular complexity index is 813. The van der Waals surface area contributed by atoms with Gasteiger partial charge in [-0.15, -0.1) is 0 Å². The number of nitrogens with zero attached hydrogens (tertiary/aromatic N) is 2. The summed E-state index contributed by atoms with van der Waals surface area (Å²) in [5.41, 5.74) is 0.674. The maximum absolute atomic E-state index is 14.2. The zero-order valence-electron chi connectivity index (χ0n) is 15.5. The van der Waals surface area contributed by atoms with Gasteiger partial charge in [0.1, 0.15) is 11.5 Å². The SMILES string of the molecule is Cc1nn(-c2ccc(F)cc2F)c(OCC(F)(F)F)c1CNC1CCCCC1. The minimum absolute atomic E-state index is 0.175. The third-order valence-electron chi connectivity index (χ3n) is 4.82. The molecule has 4 nitrogen and oxygen atoms in total. The van der Waals surface area contributed by atoms with Gasteiger partial charge in [0.25, 0.3) is 0 Å². The van der Waals surface area contributed by atoms with E-state index in [0.717, 1.165) is 42.5 Å². The van der Waals surface area contributed by atoms with Gasteiger partial charge >= 0.3 is 6.18 Å². The molecule has 1 saturated carbocycles. The van der Waals surface area contributed by atoms with Crippen molar-refractivity contribution in [2.45, 2.75) is 57.8 Å². The first-order valence-electron chi connectivity index (χ1n) is 9.21. The quantitative estimate of drug-likeness (QED) is 0.703. The van der Waals surface area contributed by atoms with Gasteiger partial charge in [0.2, 0.25) is 5.88 Å². The highest BCUT2D eigenvalue weighted by Crippen LogP contribution is 2.30. The molecule has 9 heteroatoms. The van der Waals surface area contributed by atoms with Crippen LogP contribution in [0.25, 0.3) is 5.69 Å². The largest absolute Gasteiger partial charge is 0.468 e. The fourth-order valence-corrected chi connectivity index (χ4v) is 3.41. The Hall–Kier alpha value is -2.16. The molecule has 0 spiro atoms. The molecule has 0 aliphatic heterocycles. The van der Waals surface area contributed by atoms with E-state index in [2.05, 4.69) is 10.4 Å².